The molecule has 0 fully saturated rings. The summed E-state index contributed by atoms with van der Waals surface area (Å²) in [5.74, 6) is -3.27. The quantitative estimate of drug-likeness (QED) is 0.786. The molecule has 0 spiro atoms. The van der Waals surface area contributed by atoms with E-state index in [2.05, 4.69) is 0 Å². The number of carbonyl (C=O) groups excluding carboxylic acids is 1. The fourth-order valence-electron chi connectivity index (χ4n) is 1.15. The second-order valence-electron chi connectivity index (χ2n) is 3.23. The van der Waals surface area contributed by atoms with Crippen molar-refractivity contribution < 1.29 is 18.0 Å². The van der Waals surface area contributed by atoms with E-state index in [9.17, 15) is 18.0 Å². The standard InChI is InChI=1S/C10H10F3NO/c1-5(14)10(15)7-2-6(4-11)3-8(12)9(7)13/h2-3,5H,4,14H2,1H3. The predicted octanol–water partition coefficient (Wildman–Crippen LogP) is 1.96. The first-order chi connectivity index (χ1) is 6.97. The number of hydrogen-bond donors (Lipinski definition) is 1. The molecule has 0 aliphatic heterocycles. The summed E-state index contributed by atoms with van der Waals surface area (Å²) in [5, 5.41) is 0. The maximum Gasteiger partial charge on any atom is 0.182 e. The van der Waals surface area contributed by atoms with Gasteiger partial charge in [-0.25, -0.2) is 13.2 Å². The molecule has 0 saturated carbocycles. The fourth-order valence-corrected chi connectivity index (χ4v) is 1.15. The maximum absolute atomic E-state index is 13.2. The zero-order valence-electron chi connectivity index (χ0n) is 8.06. The monoisotopic (exact) mass is 217 g/mol. The van der Waals surface area contributed by atoms with Gasteiger partial charge in [-0.05, 0) is 24.6 Å². The van der Waals surface area contributed by atoms with Crippen molar-refractivity contribution in [3.8, 4) is 0 Å². The van der Waals surface area contributed by atoms with Crippen LogP contribution in [0.2, 0.25) is 0 Å². The van der Waals surface area contributed by atoms with Gasteiger partial charge in [0, 0.05) is 0 Å². The molecule has 0 aliphatic carbocycles. The van der Waals surface area contributed by atoms with E-state index in [1.165, 1.54) is 6.92 Å². The molecule has 15 heavy (non-hydrogen) atoms. The third kappa shape index (κ3) is 2.36. The Labute approximate surface area is 84.9 Å². The zero-order chi connectivity index (χ0) is 11.6. The van der Waals surface area contributed by atoms with Crippen LogP contribution >= 0.6 is 0 Å². The normalized spacial score (nSPS) is 12.6. The van der Waals surface area contributed by atoms with Crippen molar-refractivity contribution in [3.63, 3.8) is 0 Å². The van der Waals surface area contributed by atoms with Crippen LogP contribution in [-0.2, 0) is 6.67 Å². The lowest BCUT2D eigenvalue weighted by Gasteiger charge is -2.07. The Kier molecular flexibility index (Phi) is 3.47. The van der Waals surface area contributed by atoms with Crippen molar-refractivity contribution >= 4 is 5.78 Å². The van der Waals surface area contributed by atoms with Crippen LogP contribution in [-0.4, -0.2) is 11.8 Å². The lowest BCUT2D eigenvalue weighted by Crippen LogP contribution is -2.27. The molecule has 2 nitrogen and oxygen atoms in total. The molecule has 0 heterocycles. The number of rotatable bonds is 3. The van der Waals surface area contributed by atoms with E-state index in [1.807, 2.05) is 0 Å². The number of Topliss-reactive ketones (excluding diaryl/α,β-unsaturated/α-hetero) is 1. The van der Waals surface area contributed by atoms with Crippen LogP contribution in [0.4, 0.5) is 13.2 Å². The van der Waals surface area contributed by atoms with Gasteiger partial charge in [0.05, 0.1) is 11.6 Å². The molecule has 2 N–H and O–H groups in total. The average Bonchev–Trinajstić information content (AvgIpc) is 2.20. The van der Waals surface area contributed by atoms with Crippen LogP contribution in [0.3, 0.4) is 0 Å². The Morgan fingerprint density at radius 1 is 1.47 bits per heavy atom. The number of benzene rings is 1. The van der Waals surface area contributed by atoms with Gasteiger partial charge >= 0.3 is 0 Å². The van der Waals surface area contributed by atoms with Crippen molar-refractivity contribution in [1.29, 1.82) is 0 Å². The van der Waals surface area contributed by atoms with E-state index < -0.39 is 35.7 Å². The summed E-state index contributed by atoms with van der Waals surface area (Å²) in [7, 11) is 0. The predicted molar refractivity (Wildman–Crippen MR) is 49.1 cm³/mol. The second kappa shape index (κ2) is 4.44. The van der Waals surface area contributed by atoms with Crippen LogP contribution in [0, 0.1) is 11.6 Å². The Bertz CT molecular complexity index is 390. The fraction of sp³-hybridized carbons (Fsp3) is 0.300. The van der Waals surface area contributed by atoms with Gasteiger partial charge in [0.1, 0.15) is 6.67 Å². The molecular formula is C10H10F3NO. The summed E-state index contributed by atoms with van der Waals surface area (Å²) in [6.45, 7) is 0.387. The Balaban J connectivity index is 3.27. The molecule has 0 radical (unpaired) electrons. The van der Waals surface area contributed by atoms with E-state index in [-0.39, 0.29) is 5.56 Å². The van der Waals surface area contributed by atoms with E-state index in [1.54, 1.807) is 0 Å². The zero-order valence-corrected chi connectivity index (χ0v) is 8.06. The average molecular weight is 217 g/mol. The molecule has 1 aromatic carbocycles. The Morgan fingerprint density at radius 2 is 2.07 bits per heavy atom. The highest BCUT2D eigenvalue weighted by Crippen LogP contribution is 2.17. The first-order valence-corrected chi connectivity index (χ1v) is 4.31. The lowest BCUT2D eigenvalue weighted by molar-refractivity contribution is 0.0963. The van der Waals surface area contributed by atoms with Crippen molar-refractivity contribution in [3.05, 3.63) is 34.9 Å². The van der Waals surface area contributed by atoms with Gasteiger partial charge in [-0.15, -0.1) is 0 Å². The molecule has 82 valence electrons. The summed E-state index contributed by atoms with van der Waals surface area (Å²) < 4.78 is 38.3. The summed E-state index contributed by atoms with van der Waals surface area (Å²) >= 11 is 0. The second-order valence-corrected chi connectivity index (χ2v) is 3.23. The molecule has 1 atom stereocenters. The summed E-state index contributed by atoms with van der Waals surface area (Å²) in [6.07, 6.45) is 0. The number of halogens is 3. The third-order valence-electron chi connectivity index (χ3n) is 1.92. The largest absolute Gasteiger partial charge is 0.321 e. The smallest absolute Gasteiger partial charge is 0.182 e. The molecule has 5 heteroatoms. The molecule has 1 rings (SSSR count). The first-order valence-electron chi connectivity index (χ1n) is 4.31. The highest BCUT2D eigenvalue weighted by atomic mass is 19.2. The van der Waals surface area contributed by atoms with Crippen LogP contribution in [0.15, 0.2) is 12.1 Å². The highest BCUT2D eigenvalue weighted by molar-refractivity contribution is 6.00. The van der Waals surface area contributed by atoms with Crippen LogP contribution in [0.25, 0.3) is 0 Å². The minimum Gasteiger partial charge on any atom is -0.321 e. The summed E-state index contributed by atoms with van der Waals surface area (Å²) in [6, 6.07) is 0.742. The van der Waals surface area contributed by atoms with Crippen molar-refractivity contribution in [2.24, 2.45) is 5.73 Å². The molecule has 0 amide bonds. The van der Waals surface area contributed by atoms with E-state index >= 15 is 0 Å². The Morgan fingerprint density at radius 3 is 2.53 bits per heavy atom. The molecule has 0 bridgehead atoms. The van der Waals surface area contributed by atoms with Gasteiger partial charge in [-0.1, -0.05) is 0 Å². The van der Waals surface area contributed by atoms with Gasteiger partial charge in [0.25, 0.3) is 0 Å². The van der Waals surface area contributed by atoms with Gasteiger partial charge in [0.2, 0.25) is 0 Å². The van der Waals surface area contributed by atoms with Gasteiger partial charge in [-0.2, -0.15) is 0 Å². The molecule has 0 aliphatic rings. The van der Waals surface area contributed by atoms with Crippen LogP contribution in [0.5, 0.6) is 0 Å². The van der Waals surface area contributed by atoms with Gasteiger partial charge in [-0.3, -0.25) is 4.79 Å². The number of alkyl halides is 1. The van der Waals surface area contributed by atoms with E-state index in [4.69, 9.17) is 5.73 Å². The number of ketones is 1. The van der Waals surface area contributed by atoms with Gasteiger partial charge < -0.3 is 5.73 Å². The van der Waals surface area contributed by atoms with Crippen molar-refractivity contribution in [1.82, 2.24) is 0 Å². The van der Waals surface area contributed by atoms with Crippen LogP contribution in [0.1, 0.15) is 22.8 Å². The maximum atomic E-state index is 13.2. The number of carbonyl (C=O) groups is 1. The molecule has 1 unspecified atom stereocenters. The minimum atomic E-state index is -1.28. The molecule has 1 aromatic rings. The summed E-state index contributed by atoms with van der Waals surface area (Å²) in [4.78, 5) is 11.3. The SMILES string of the molecule is CC(N)C(=O)c1cc(CF)cc(F)c1F. The summed E-state index contributed by atoms with van der Waals surface area (Å²) in [5.41, 5.74) is 4.66. The van der Waals surface area contributed by atoms with Crippen molar-refractivity contribution in [2.75, 3.05) is 0 Å². The van der Waals surface area contributed by atoms with Gasteiger partial charge in [0.15, 0.2) is 17.4 Å². The van der Waals surface area contributed by atoms with E-state index in [0.29, 0.717) is 6.07 Å². The lowest BCUT2D eigenvalue weighted by atomic mass is 10.0. The minimum absolute atomic E-state index is 0.0853. The topological polar surface area (TPSA) is 43.1 Å². The van der Waals surface area contributed by atoms with E-state index in [0.717, 1.165) is 6.07 Å². The number of hydrogen-bond acceptors (Lipinski definition) is 2. The third-order valence-corrected chi connectivity index (χ3v) is 1.92. The molecule has 0 aromatic heterocycles. The van der Waals surface area contributed by atoms with Crippen molar-refractivity contribution in [2.45, 2.75) is 19.6 Å². The highest BCUT2D eigenvalue weighted by Gasteiger charge is 2.19. The molecular weight excluding hydrogens is 207 g/mol. The molecule has 0 saturated heterocycles. The first kappa shape index (κ1) is 11.7. The number of nitrogens with two attached hydrogens (primary N) is 1. The Hall–Kier alpha value is -1.36. The van der Waals surface area contributed by atoms with Crippen LogP contribution < -0.4 is 5.73 Å².